The second kappa shape index (κ2) is 4.76. The Kier molecular flexibility index (Phi) is 3.32. The molecular weight excluding hydrogens is 242 g/mol. The highest BCUT2D eigenvalue weighted by Gasteiger charge is 2.24. The minimum absolute atomic E-state index is 0.278. The Morgan fingerprint density at radius 1 is 1.28 bits per heavy atom. The quantitative estimate of drug-likeness (QED) is 0.825. The molecule has 0 bridgehead atoms. The first-order valence-corrected chi connectivity index (χ1v) is 5.53. The maximum Gasteiger partial charge on any atom is 0.334 e. The monoisotopic (exact) mass is 254 g/mol. The molecule has 0 amide bonds. The van der Waals surface area contributed by atoms with E-state index in [1.807, 2.05) is 0 Å². The van der Waals surface area contributed by atoms with Crippen LogP contribution in [0, 0.1) is 11.6 Å². The van der Waals surface area contributed by atoms with Crippen LogP contribution in [0.5, 0.6) is 5.75 Å². The molecule has 1 aromatic rings. The van der Waals surface area contributed by atoms with Gasteiger partial charge in [-0.2, -0.15) is 0 Å². The van der Waals surface area contributed by atoms with Crippen molar-refractivity contribution < 1.29 is 23.4 Å². The minimum Gasteiger partial charge on any atom is -0.503 e. The lowest BCUT2D eigenvalue weighted by Gasteiger charge is -2.08. The average molecular weight is 254 g/mol. The third-order valence-corrected chi connectivity index (χ3v) is 3.01. The highest BCUT2D eigenvalue weighted by molar-refractivity contribution is 5.98. The molecule has 0 unspecified atom stereocenters. The topological polar surface area (TPSA) is 46.5 Å². The van der Waals surface area contributed by atoms with Crippen LogP contribution >= 0.6 is 0 Å². The number of benzene rings is 1. The van der Waals surface area contributed by atoms with Crippen LogP contribution in [0.1, 0.15) is 24.8 Å². The first-order valence-electron chi connectivity index (χ1n) is 5.53. The van der Waals surface area contributed by atoms with Crippen LogP contribution in [-0.2, 0) is 9.53 Å². The average Bonchev–Trinajstić information content (AvgIpc) is 2.83. The van der Waals surface area contributed by atoms with Gasteiger partial charge in [0.25, 0.3) is 0 Å². The Balaban J connectivity index is 2.51. The highest BCUT2D eigenvalue weighted by atomic mass is 19.1. The number of carbonyl (C=O) groups excluding carboxylic acids is 1. The highest BCUT2D eigenvalue weighted by Crippen LogP contribution is 2.36. The Morgan fingerprint density at radius 2 is 1.89 bits per heavy atom. The number of hydrogen-bond donors (Lipinski definition) is 1. The van der Waals surface area contributed by atoms with E-state index in [0.717, 1.165) is 18.6 Å². The Bertz CT molecular complexity index is 512. The number of allylic oxidation sites excluding steroid dienone is 1. The predicted molar refractivity (Wildman–Crippen MR) is 60.8 cm³/mol. The van der Waals surface area contributed by atoms with E-state index in [2.05, 4.69) is 4.74 Å². The number of phenolic OH excluding ortho intramolecular Hbond substituents is 1. The van der Waals surface area contributed by atoms with E-state index in [4.69, 9.17) is 5.11 Å². The van der Waals surface area contributed by atoms with Crippen LogP contribution in [0.15, 0.2) is 17.7 Å². The van der Waals surface area contributed by atoms with Gasteiger partial charge in [0.05, 0.1) is 7.11 Å². The number of aromatic hydroxyl groups is 1. The summed E-state index contributed by atoms with van der Waals surface area (Å²) < 4.78 is 31.2. The molecule has 0 radical (unpaired) electrons. The zero-order chi connectivity index (χ0) is 13.3. The van der Waals surface area contributed by atoms with Crippen molar-refractivity contribution in [1.82, 2.24) is 0 Å². The van der Waals surface area contributed by atoms with Gasteiger partial charge in [-0.1, -0.05) is 0 Å². The number of esters is 1. The third kappa shape index (κ3) is 2.08. The summed E-state index contributed by atoms with van der Waals surface area (Å²) in [6, 6.07) is 2.06. The van der Waals surface area contributed by atoms with Gasteiger partial charge >= 0.3 is 5.97 Å². The lowest BCUT2D eigenvalue weighted by atomic mass is 10.0. The van der Waals surface area contributed by atoms with Gasteiger partial charge in [-0.25, -0.2) is 13.6 Å². The third-order valence-electron chi connectivity index (χ3n) is 3.01. The number of halogens is 2. The van der Waals surface area contributed by atoms with Crippen LogP contribution in [0.2, 0.25) is 0 Å². The van der Waals surface area contributed by atoms with Crippen molar-refractivity contribution in [3.05, 3.63) is 34.9 Å². The van der Waals surface area contributed by atoms with E-state index in [1.54, 1.807) is 0 Å². The molecule has 5 heteroatoms. The van der Waals surface area contributed by atoms with Gasteiger partial charge in [0.2, 0.25) is 0 Å². The van der Waals surface area contributed by atoms with Crippen LogP contribution in [-0.4, -0.2) is 18.2 Å². The molecule has 0 aromatic heterocycles. The van der Waals surface area contributed by atoms with Crippen molar-refractivity contribution in [1.29, 1.82) is 0 Å². The zero-order valence-corrected chi connectivity index (χ0v) is 9.80. The summed E-state index contributed by atoms with van der Waals surface area (Å²) >= 11 is 0. The Labute approximate surface area is 103 Å². The molecule has 0 atom stereocenters. The van der Waals surface area contributed by atoms with Crippen molar-refractivity contribution in [2.24, 2.45) is 0 Å². The molecule has 3 nitrogen and oxygen atoms in total. The van der Waals surface area contributed by atoms with E-state index in [-0.39, 0.29) is 5.56 Å². The first kappa shape index (κ1) is 12.5. The Hall–Kier alpha value is -1.91. The van der Waals surface area contributed by atoms with Gasteiger partial charge in [-0.15, -0.1) is 0 Å². The van der Waals surface area contributed by atoms with Crippen LogP contribution in [0.3, 0.4) is 0 Å². The summed E-state index contributed by atoms with van der Waals surface area (Å²) in [5, 5.41) is 9.04. The van der Waals surface area contributed by atoms with Crippen LogP contribution < -0.4 is 0 Å². The van der Waals surface area contributed by atoms with E-state index >= 15 is 0 Å². The van der Waals surface area contributed by atoms with Crippen LogP contribution in [0.4, 0.5) is 8.78 Å². The summed E-state index contributed by atoms with van der Waals surface area (Å²) in [6.45, 7) is 0. The standard InChI is InChI=1S/C13H12F2O3/c1-18-13(17)9-4-2-3-8(9)7-5-10(14)12(16)11(15)6-7/h5-6,16H,2-4H2,1H3. The summed E-state index contributed by atoms with van der Waals surface area (Å²) in [7, 11) is 1.27. The molecular formula is C13H12F2O3. The Morgan fingerprint density at radius 3 is 2.44 bits per heavy atom. The fourth-order valence-corrected chi connectivity index (χ4v) is 2.15. The van der Waals surface area contributed by atoms with E-state index in [0.29, 0.717) is 24.0 Å². The summed E-state index contributed by atoms with van der Waals surface area (Å²) in [4.78, 5) is 11.5. The van der Waals surface area contributed by atoms with E-state index < -0.39 is 23.4 Å². The molecule has 18 heavy (non-hydrogen) atoms. The van der Waals surface area contributed by atoms with Gasteiger partial charge in [0.15, 0.2) is 17.4 Å². The number of rotatable bonds is 2. The molecule has 0 spiro atoms. The first-order chi connectivity index (χ1) is 8.54. The number of ether oxygens (including phenoxy) is 1. The van der Waals surface area contributed by atoms with Crippen molar-refractivity contribution in [3.8, 4) is 5.75 Å². The predicted octanol–water partition coefficient (Wildman–Crippen LogP) is 2.78. The fourth-order valence-electron chi connectivity index (χ4n) is 2.15. The number of carbonyl (C=O) groups is 1. The molecule has 1 N–H and O–H groups in total. The number of hydrogen-bond acceptors (Lipinski definition) is 3. The largest absolute Gasteiger partial charge is 0.503 e. The maximum atomic E-state index is 13.3. The molecule has 1 aliphatic carbocycles. The summed E-state index contributed by atoms with van der Waals surface area (Å²) in [6.07, 6.45) is 1.84. The fraction of sp³-hybridized carbons (Fsp3) is 0.308. The zero-order valence-electron chi connectivity index (χ0n) is 9.80. The van der Waals surface area contributed by atoms with E-state index in [1.165, 1.54) is 7.11 Å². The number of phenols is 1. The number of methoxy groups -OCH3 is 1. The van der Waals surface area contributed by atoms with Gasteiger partial charge < -0.3 is 9.84 Å². The molecule has 0 aliphatic heterocycles. The second-order valence-electron chi connectivity index (χ2n) is 4.09. The van der Waals surface area contributed by atoms with Crippen molar-refractivity contribution in [3.63, 3.8) is 0 Å². The van der Waals surface area contributed by atoms with E-state index in [9.17, 15) is 13.6 Å². The van der Waals surface area contributed by atoms with Gasteiger partial charge in [-0.3, -0.25) is 0 Å². The molecule has 1 aromatic carbocycles. The minimum atomic E-state index is -1.03. The second-order valence-corrected chi connectivity index (χ2v) is 4.09. The lowest BCUT2D eigenvalue weighted by Crippen LogP contribution is -2.04. The van der Waals surface area contributed by atoms with Crippen molar-refractivity contribution in [2.75, 3.05) is 7.11 Å². The molecule has 0 saturated heterocycles. The van der Waals surface area contributed by atoms with Gasteiger partial charge in [0.1, 0.15) is 0 Å². The molecule has 0 heterocycles. The summed E-state index contributed by atoms with van der Waals surface area (Å²) in [5.74, 6) is -3.55. The normalized spacial score (nSPS) is 15.1. The molecule has 96 valence electrons. The molecule has 2 rings (SSSR count). The van der Waals surface area contributed by atoms with Crippen molar-refractivity contribution in [2.45, 2.75) is 19.3 Å². The van der Waals surface area contributed by atoms with Gasteiger partial charge in [0, 0.05) is 5.57 Å². The van der Waals surface area contributed by atoms with Crippen molar-refractivity contribution >= 4 is 11.5 Å². The maximum absolute atomic E-state index is 13.3. The molecule has 0 fully saturated rings. The SMILES string of the molecule is COC(=O)C1=C(c2cc(F)c(O)c(F)c2)CCC1. The van der Waals surface area contributed by atoms with Crippen LogP contribution in [0.25, 0.3) is 5.57 Å². The molecule has 0 saturated carbocycles. The lowest BCUT2D eigenvalue weighted by molar-refractivity contribution is -0.136. The summed E-state index contributed by atoms with van der Waals surface area (Å²) in [5.41, 5.74) is 1.31. The smallest absolute Gasteiger partial charge is 0.334 e. The molecule has 1 aliphatic rings. The van der Waals surface area contributed by atoms with Gasteiger partial charge in [-0.05, 0) is 42.5 Å².